The fourth-order valence-corrected chi connectivity index (χ4v) is 3.32. The van der Waals surface area contributed by atoms with Gasteiger partial charge in [-0.1, -0.05) is 18.9 Å². The molecule has 1 aromatic carbocycles. The average molecular weight is 290 g/mol. The molecule has 4 heteroatoms. The summed E-state index contributed by atoms with van der Waals surface area (Å²) in [4.78, 5) is 14.8. The molecule has 21 heavy (non-hydrogen) atoms. The predicted octanol–water partition coefficient (Wildman–Crippen LogP) is 2.67. The molecule has 2 unspecified atom stereocenters. The van der Waals surface area contributed by atoms with Crippen molar-refractivity contribution in [3.63, 3.8) is 0 Å². The molecule has 1 fully saturated rings. The van der Waals surface area contributed by atoms with Crippen molar-refractivity contribution in [1.82, 2.24) is 4.90 Å². The Morgan fingerprint density at radius 2 is 2.14 bits per heavy atom. The third-order valence-corrected chi connectivity index (χ3v) is 4.49. The van der Waals surface area contributed by atoms with Gasteiger partial charge in [0.25, 0.3) is 5.91 Å². The van der Waals surface area contributed by atoms with Crippen LogP contribution in [0.4, 0.5) is 0 Å². The van der Waals surface area contributed by atoms with Crippen molar-refractivity contribution in [2.24, 2.45) is 11.7 Å². The number of nitrogens with two attached hydrogens (primary N) is 1. The third-order valence-electron chi connectivity index (χ3n) is 4.49. The van der Waals surface area contributed by atoms with Crippen molar-refractivity contribution in [3.05, 3.63) is 29.8 Å². The van der Waals surface area contributed by atoms with Gasteiger partial charge in [-0.3, -0.25) is 4.79 Å². The smallest absolute Gasteiger partial charge is 0.254 e. The number of rotatable bonds is 5. The van der Waals surface area contributed by atoms with Crippen LogP contribution in [0.2, 0.25) is 0 Å². The van der Waals surface area contributed by atoms with Gasteiger partial charge in [0.15, 0.2) is 0 Å². The summed E-state index contributed by atoms with van der Waals surface area (Å²) in [5, 5.41) is 0. The Hall–Kier alpha value is -1.55. The lowest BCUT2D eigenvalue weighted by Crippen LogP contribution is -2.48. The van der Waals surface area contributed by atoms with Gasteiger partial charge in [-0.25, -0.2) is 0 Å². The van der Waals surface area contributed by atoms with Gasteiger partial charge in [0.05, 0.1) is 7.11 Å². The standard InChI is InChI=1S/C17H26N2O2/c1-3-19(16-10-5-4-7-14(16)12-18)17(20)13-8-6-9-15(11-13)21-2/h6,8-9,11,14,16H,3-5,7,10,12,18H2,1-2H3. The van der Waals surface area contributed by atoms with E-state index in [0.29, 0.717) is 18.0 Å². The summed E-state index contributed by atoms with van der Waals surface area (Å²) in [6.07, 6.45) is 4.60. The first-order chi connectivity index (χ1) is 10.2. The molecule has 2 atom stereocenters. The molecular weight excluding hydrogens is 264 g/mol. The molecule has 2 rings (SSSR count). The minimum Gasteiger partial charge on any atom is -0.497 e. The van der Waals surface area contributed by atoms with Crippen molar-refractivity contribution >= 4 is 5.91 Å². The number of ether oxygens (including phenoxy) is 1. The Morgan fingerprint density at radius 1 is 1.38 bits per heavy atom. The van der Waals surface area contributed by atoms with Gasteiger partial charge < -0.3 is 15.4 Å². The number of methoxy groups -OCH3 is 1. The molecule has 0 bridgehead atoms. The highest BCUT2D eigenvalue weighted by Gasteiger charge is 2.31. The van der Waals surface area contributed by atoms with E-state index in [1.54, 1.807) is 7.11 Å². The lowest BCUT2D eigenvalue weighted by Gasteiger charge is -2.39. The fourth-order valence-electron chi connectivity index (χ4n) is 3.32. The second kappa shape index (κ2) is 7.46. The number of amides is 1. The maximum atomic E-state index is 12.8. The maximum absolute atomic E-state index is 12.8. The van der Waals surface area contributed by atoms with Gasteiger partial charge in [0.1, 0.15) is 5.75 Å². The van der Waals surface area contributed by atoms with E-state index < -0.39 is 0 Å². The van der Waals surface area contributed by atoms with Crippen LogP contribution in [-0.2, 0) is 0 Å². The summed E-state index contributed by atoms with van der Waals surface area (Å²) >= 11 is 0. The van der Waals surface area contributed by atoms with E-state index in [0.717, 1.165) is 25.1 Å². The monoisotopic (exact) mass is 290 g/mol. The number of carbonyl (C=O) groups excluding carboxylic acids is 1. The van der Waals surface area contributed by atoms with Gasteiger partial charge >= 0.3 is 0 Å². The molecule has 1 aliphatic carbocycles. The van der Waals surface area contributed by atoms with Crippen LogP contribution in [0.3, 0.4) is 0 Å². The van der Waals surface area contributed by atoms with Crippen LogP contribution in [-0.4, -0.2) is 37.0 Å². The van der Waals surface area contributed by atoms with Crippen molar-refractivity contribution in [3.8, 4) is 5.75 Å². The van der Waals surface area contributed by atoms with E-state index in [1.807, 2.05) is 36.1 Å². The minimum absolute atomic E-state index is 0.0850. The first-order valence-corrected chi connectivity index (χ1v) is 7.86. The molecule has 0 radical (unpaired) electrons. The first kappa shape index (κ1) is 15.8. The Bertz CT molecular complexity index is 476. The zero-order valence-electron chi connectivity index (χ0n) is 13.0. The number of hydrogen-bond donors (Lipinski definition) is 1. The van der Waals surface area contributed by atoms with Crippen LogP contribution in [0.5, 0.6) is 5.75 Å². The number of benzene rings is 1. The van der Waals surface area contributed by atoms with E-state index in [9.17, 15) is 4.79 Å². The molecule has 4 nitrogen and oxygen atoms in total. The normalized spacial score (nSPS) is 21.9. The van der Waals surface area contributed by atoms with Gasteiger partial charge in [-0.05, 0) is 50.4 Å². The van der Waals surface area contributed by atoms with Crippen LogP contribution in [0, 0.1) is 5.92 Å². The zero-order valence-corrected chi connectivity index (χ0v) is 13.0. The van der Waals surface area contributed by atoms with Crippen molar-refractivity contribution in [1.29, 1.82) is 0 Å². The number of nitrogens with zero attached hydrogens (tertiary/aromatic N) is 1. The van der Waals surface area contributed by atoms with Crippen LogP contribution < -0.4 is 10.5 Å². The van der Waals surface area contributed by atoms with Crippen LogP contribution >= 0.6 is 0 Å². The number of carbonyl (C=O) groups is 1. The summed E-state index contributed by atoms with van der Waals surface area (Å²) < 4.78 is 5.22. The highest BCUT2D eigenvalue weighted by molar-refractivity contribution is 5.94. The van der Waals surface area contributed by atoms with Crippen LogP contribution in [0.25, 0.3) is 0 Å². The lowest BCUT2D eigenvalue weighted by atomic mass is 9.83. The quantitative estimate of drug-likeness (QED) is 0.907. The summed E-state index contributed by atoms with van der Waals surface area (Å²) in [6.45, 7) is 3.42. The molecule has 0 aromatic heterocycles. The van der Waals surface area contributed by atoms with Gasteiger partial charge in [-0.15, -0.1) is 0 Å². The second-order valence-electron chi connectivity index (χ2n) is 5.67. The Labute approximate surface area is 127 Å². The zero-order chi connectivity index (χ0) is 15.2. The maximum Gasteiger partial charge on any atom is 0.254 e. The average Bonchev–Trinajstić information content (AvgIpc) is 2.56. The molecule has 1 aromatic rings. The second-order valence-corrected chi connectivity index (χ2v) is 5.67. The molecule has 0 heterocycles. The topological polar surface area (TPSA) is 55.6 Å². The van der Waals surface area contributed by atoms with Crippen molar-refractivity contribution in [2.45, 2.75) is 38.6 Å². The molecule has 1 amide bonds. The molecular formula is C17H26N2O2. The Kier molecular flexibility index (Phi) is 5.62. The van der Waals surface area contributed by atoms with E-state index in [2.05, 4.69) is 0 Å². The first-order valence-electron chi connectivity index (χ1n) is 7.86. The lowest BCUT2D eigenvalue weighted by molar-refractivity contribution is 0.0559. The largest absolute Gasteiger partial charge is 0.497 e. The van der Waals surface area contributed by atoms with E-state index in [1.165, 1.54) is 12.8 Å². The molecule has 2 N–H and O–H groups in total. The van der Waals surface area contributed by atoms with Crippen LogP contribution in [0.1, 0.15) is 43.0 Å². The summed E-state index contributed by atoms with van der Waals surface area (Å²) in [5.74, 6) is 1.23. The van der Waals surface area contributed by atoms with E-state index in [4.69, 9.17) is 10.5 Å². The SMILES string of the molecule is CCN(C(=O)c1cccc(OC)c1)C1CCCCC1CN. The predicted molar refractivity (Wildman–Crippen MR) is 84.5 cm³/mol. The minimum atomic E-state index is 0.0850. The molecule has 1 aliphatic rings. The van der Waals surface area contributed by atoms with Gasteiger partial charge in [0.2, 0.25) is 0 Å². The number of hydrogen-bond acceptors (Lipinski definition) is 3. The Morgan fingerprint density at radius 3 is 2.81 bits per heavy atom. The highest BCUT2D eigenvalue weighted by atomic mass is 16.5. The fraction of sp³-hybridized carbons (Fsp3) is 0.588. The van der Waals surface area contributed by atoms with Gasteiger partial charge in [-0.2, -0.15) is 0 Å². The van der Waals surface area contributed by atoms with Crippen molar-refractivity contribution < 1.29 is 9.53 Å². The van der Waals surface area contributed by atoms with E-state index in [-0.39, 0.29) is 11.9 Å². The molecule has 0 spiro atoms. The molecule has 1 saturated carbocycles. The van der Waals surface area contributed by atoms with E-state index >= 15 is 0 Å². The summed E-state index contributed by atoms with van der Waals surface area (Å²) in [6, 6.07) is 7.66. The van der Waals surface area contributed by atoms with Crippen molar-refractivity contribution in [2.75, 3.05) is 20.2 Å². The van der Waals surface area contributed by atoms with Crippen LogP contribution in [0.15, 0.2) is 24.3 Å². The Balaban J connectivity index is 2.20. The third kappa shape index (κ3) is 3.56. The summed E-state index contributed by atoms with van der Waals surface area (Å²) in [7, 11) is 1.62. The molecule has 116 valence electrons. The molecule has 0 saturated heterocycles. The van der Waals surface area contributed by atoms with Gasteiger partial charge in [0, 0.05) is 18.2 Å². The highest BCUT2D eigenvalue weighted by Crippen LogP contribution is 2.29. The summed E-state index contributed by atoms with van der Waals surface area (Å²) in [5.41, 5.74) is 6.60. The molecule has 0 aliphatic heterocycles.